The molecule has 0 aromatic heterocycles. The Morgan fingerprint density at radius 3 is 2.48 bits per heavy atom. The van der Waals surface area contributed by atoms with Gasteiger partial charge in [0.05, 0.1) is 0 Å². The van der Waals surface area contributed by atoms with Crippen LogP contribution in [0.3, 0.4) is 0 Å². The minimum Gasteiger partial charge on any atom is -0.338 e. The Balaban J connectivity index is 0.00000264. The lowest BCUT2D eigenvalue weighted by molar-refractivity contribution is 0.0532. The van der Waals surface area contributed by atoms with E-state index in [2.05, 4.69) is 0 Å². The first-order valence-corrected chi connectivity index (χ1v) is 8.44. The molecule has 1 aliphatic heterocycles. The van der Waals surface area contributed by atoms with Gasteiger partial charge >= 0.3 is 0 Å². The largest absolute Gasteiger partial charge is 0.338 e. The first-order chi connectivity index (χ1) is 10.0. The zero-order valence-corrected chi connectivity index (χ0v) is 14.6. The minimum atomic E-state index is -4.14. The summed E-state index contributed by atoms with van der Waals surface area (Å²) in [5, 5.41) is 4.90. The van der Waals surface area contributed by atoms with Gasteiger partial charge in [-0.2, -0.15) is 0 Å². The highest BCUT2D eigenvalue weighted by Gasteiger charge is 2.35. The van der Waals surface area contributed by atoms with Crippen molar-refractivity contribution >= 4 is 28.3 Å². The number of carbonyl (C=O) groups is 1. The molecule has 23 heavy (non-hydrogen) atoms. The molecular formula is C14H21ClFN3O3S. The molecule has 4 N–H and O–H groups in total. The van der Waals surface area contributed by atoms with Crippen molar-refractivity contribution in [2.75, 3.05) is 13.1 Å². The highest BCUT2D eigenvalue weighted by molar-refractivity contribution is 7.89. The lowest BCUT2D eigenvalue weighted by atomic mass is 9.79. The molecule has 1 atom stereocenters. The van der Waals surface area contributed by atoms with Gasteiger partial charge in [0.25, 0.3) is 5.91 Å². The van der Waals surface area contributed by atoms with E-state index < -0.39 is 20.7 Å². The van der Waals surface area contributed by atoms with Crippen molar-refractivity contribution in [3.63, 3.8) is 0 Å². The Labute approximate surface area is 141 Å². The van der Waals surface area contributed by atoms with Crippen molar-refractivity contribution in [3.8, 4) is 0 Å². The monoisotopic (exact) mass is 365 g/mol. The summed E-state index contributed by atoms with van der Waals surface area (Å²) in [6.07, 6.45) is 0.663. The molecule has 1 amide bonds. The van der Waals surface area contributed by atoms with Gasteiger partial charge in [-0.1, -0.05) is 13.8 Å². The second-order valence-electron chi connectivity index (χ2n) is 6.30. The molecule has 6 nitrogen and oxygen atoms in total. The Morgan fingerprint density at radius 1 is 1.39 bits per heavy atom. The van der Waals surface area contributed by atoms with Crippen LogP contribution in [-0.4, -0.2) is 38.4 Å². The van der Waals surface area contributed by atoms with Crippen molar-refractivity contribution < 1.29 is 17.6 Å². The van der Waals surface area contributed by atoms with Crippen LogP contribution >= 0.6 is 12.4 Å². The van der Waals surface area contributed by atoms with Crippen molar-refractivity contribution in [3.05, 3.63) is 29.6 Å². The third kappa shape index (κ3) is 4.20. The number of carbonyl (C=O) groups excluding carboxylic acids is 1. The van der Waals surface area contributed by atoms with Crippen LogP contribution in [0.25, 0.3) is 0 Å². The average Bonchev–Trinajstić information content (AvgIpc) is 2.39. The summed E-state index contributed by atoms with van der Waals surface area (Å²) in [5.74, 6) is -1.37. The van der Waals surface area contributed by atoms with Gasteiger partial charge in [0.2, 0.25) is 10.0 Å². The van der Waals surface area contributed by atoms with Crippen LogP contribution in [0, 0.1) is 11.2 Å². The maximum atomic E-state index is 13.8. The lowest BCUT2D eigenvalue weighted by Gasteiger charge is -2.42. The molecule has 130 valence electrons. The van der Waals surface area contributed by atoms with Gasteiger partial charge < -0.3 is 10.6 Å². The maximum Gasteiger partial charge on any atom is 0.253 e. The molecule has 0 spiro atoms. The Kier molecular flexibility index (Phi) is 5.79. The molecule has 1 heterocycles. The average molecular weight is 366 g/mol. The summed E-state index contributed by atoms with van der Waals surface area (Å²) in [6, 6.07) is 3.19. The zero-order chi connectivity index (χ0) is 16.7. The third-order valence-electron chi connectivity index (χ3n) is 4.08. The molecule has 1 aromatic rings. The van der Waals surface area contributed by atoms with Crippen LogP contribution < -0.4 is 10.9 Å². The molecule has 1 aromatic carbocycles. The number of nitrogens with zero attached hydrogens (tertiary/aromatic N) is 1. The van der Waals surface area contributed by atoms with Crippen molar-refractivity contribution in [1.82, 2.24) is 4.90 Å². The highest BCUT2D eigenvalue weighted by atomic mass is 35.5. The van der Waals surface area contributed by atoms with Gasteiger partial charge in [-0.25, -0.2) is 17.9 Å². The molecular weight excluding hydrogens is 345 g/mol. The lowest BCUT2D eigenvalue weighted by Crippen LogP contribution is -2.54. The van der Waals surface area contributed by atoms with Gasteiger partial charge in [0, 0.05) is 24.7 Å². The van der Waals surface area contributed by atoms with Crippen LogP contribution in [-0.2, 0) is 10.0 Å². The molecule has 1 aliphatic rings. The van der Waals surface area contributed by atoms with E-state index in [4.69, 9.17) is 10.9 Å². The van der Waals surface area contributed by atoms with Gasteiger partial charge in [0.15, 0.2) is 0 Å². The van der Waals surface area contributed by atoms with Crippen LogP contribution in [0.4, 0.5) is 4.39 Å². The smallest absolute Gasteiger partial charge is 0.253 e. The number of sulfonamides is 1. The van der Waals surface area contributed by atoms with Crippen LogP contribution in [0.1, 0.15) is 30.6 Å². The van der Waals surface area contributed by atoms with Crippen LogP contribution in [0.5, 0.6) is 0 Å². The third-order valence-corrected chi connectivity index (χ3v) is 5.03. The summed E-state index contributed by atoms with van der Waals surface area (Å²) in [7, 11) is -4.14. The summed E-state index contributed by atoms with van der Waals surface area (Å²) in [4.78, 5) is 13.4. The number of rotatable bonds is 2. The first-order valence-electron chi connectivity index (χ1n) is 6.89. The number of halogens is 2. The number of benzene rings is 1. The standard InChI is InChI=1S/C14H20FN3O3S.ClH/c1-14(2)8-18(6-5-12(14)16)13(19)9-3-4-11(10(15)7-9)22(17,20)21;/h3-4,7,12H,5-6,8,16H2,1-2H3,(H2,17,20,21);1H. The molecule has 0 aliphatic carbocycles. The van der Waals surface area contributed by atoms with Gasteiger partial charge in [-0.15, -0.1) is 12.4 Å². The van der Waals surface area contributed by atoms with Gasteiger partial charge in [0.1, 0.15) is 10.7 Å². The number of primary sulfonamides is 1. The molecule has 1 unspecified atom stereocenters. The van der Waals surface area contributed by atoms with E-state index in [1.165, 1.54) is 6.07 Å². The van der Waals surface area contributed by atoms with Gasteiger partial charge in [-0.3, -0.25) is 4.79 Å². The zero-order valence-electron chi connectivity index (χ0n) is 13.0. The minimum absolute atomic E-state index is 0. The second-order valence-corrected chi connectivity index (χ2v) is 7.83. The fourth-order valence-corrected chi connectivity index (χ4v) is 3.18. The first kappa shape index (κ1) is 19.8. The number of nitrogens with two attached hydrogens (primary N) is 2. The molecule has 0 saturated carbocycles. The van der Waals surface area contributed by atoms with E-state index >= 15 is 0 Å². The highest BCUT2D eigenvalue weighted by Crippen LogP contribution is 2.28. The summed E-state index contributed by atoms with van der Waals surface area (Å²) >= 11 is 0. The molecule has 2 rings (SSSR count). The Hall–Kier alpha value is -1.22. The summed E-state index contributed by atoms with van der Waals surface area (Å²) in [5.41, 5.74) is 5.89. The van der Waals surface area contributed by atoms with Gasteiger partial charge in [-0.05, 0) is 30.0 Å². The Bertz CT molecular complexity index is 709. The van der Waals surface area contributed by atoms with E-state index in [0.717, 1.165) is 12.1 Å². The number of hydrogen-bond donors (Lipinski definition) is 2. The number of amides is 1. The van der Waals surface area contributed by atoms with Crippen LogP contribution in [0.15, 0.2) is 23.1 Å². The maximum absolute atomic E-state index is 13.8. The van der Waals surface area contributed by atoms with E-state index in [9.17, 15) is 17.6 Å². The van der Waals surface area contributed by atoms with Crippen molar-refractivity contribution in [1.29, 1.82) is 0 Å². The molecule has 9 heteroatoms. The van der Waals surface area contributed by atoms with Crippen molar-refractivity contribution in [2.45, 2.75) is 31.2 Å². The van der Waals surface area contributed by atoms with E-state index in [0.29, 0.717) is 19.5 Å². The molecule has 1 fully saturated rings. The van der Waals surface area contributed by atoms with Crippen LogP contribution in [0.2, 0.25) is 0 Å². The fraction of sp³-hybridized carbons (Fsp3) is 0.500. The Morgan fingerprint density at radius 2 is 2.00 bits per heavy atom. The summed E-state index contributed by atoms with van der Waals surface area (Å²) in [6.45, 7) is 4.90. The second kappa shape index (κ2) is 6.72. The van der Waals surface area contributed by atoms with E-state index in [1.807, 2.05) is 13.8 Å². The number of likely N-dealkylation sites (tertiary alicyclic amines) is 1. The SMILES string of the molecule is CC1(C)CN(C(=O)c2ccc(S(N)(=O)=O)c(F)c2)CCC1N.Cl. The number of hydrogen-bond acceptors (Lipinski definition) is 4. The predicted molar refractivity (Wildman–Crippen MR) is 87.3 cm³/mol. The summed E-state index contributed by atoms with van der Waals surface area (Å²) < 4.78 is 36.2. The normalized spacial score (nSPS) is 20.7. The van der Waals surface area contributed by atoms with E-state index in [-0.39, 0.29) is 35.3 Å². The van der Waals surface area contributed by atoms with E-state index in [1.54, 1.807) is 4.90 Å². The predicted octanol–water partition coefficient (Wildman–Crippen LogP) is 1.09. The quantitative estimate of drug-likeness (QED) is 0.818. The number of piperidine rings is 1. The molecule has 1 saturated heterocycles. The molecule has 0 bridgehead atoms. The topological polar surface area (TPSA) is 106 Å². The van der Waals surface area contributed by atoms with Crippen molar-refractivity contribution in [2.24, 2.45) is 16.3 Å². The molecule has 0 radical (unpaired) electrons. The fourth-order valence-electron chi connectivity index (χ4n) is 2.59.